The minimum absolute atomic E-state index is 0.0397. The van der Waals surface area contributed by atoms with Gasteiger partial charge in [-0.25, -0.2) is 13.2 Å². The molecule has 0 unspecified atom stereocenters. The van der Waals surface area contributed by atoms with E-state index in [-0.39, 0.29) is 18.1 Å². The van der Waals surface area contributed by atoms with Crippen LogP contribution in [0.1, 0.15) is 34.2 Å². The second-order valence-corrected chi connectivity index (χ2v) is 6.47. The lowest BCUT2D eigenvalue weighted by molar-refractivity contribution is 0.0524. The van der Waals surface area contributed by atoms with Crippen LogP contribution < -0.4 is 0 Å². The molecule has 0 spiro atoms. The number of hydrogen-bond donors (Lipinski definition) is 0. The van der Waals surface area contributed by atoms with Crippen molar-refractivity contribution < 1.29 is 17.9 Å². The van der Waals surface area contributed by atoms with Crippen LogP contribution in [-0.4, -0.2) is 31.7 Å². The molecule has 6 heteroatoms. The molecule has 98 valence electrons. The minimum Gasteiger partial charge on any atom is -0.462 e. The summed E-state index contributed by atoms with van der Waals surface area (Å²) in [5, 5.41) is 0. The summed E-state index contributed by atoms with van der Waals surface area (Å²) in [6.45, 7) is 3.74. The zero-order chi connectivity index (χ0) is 13.3. The molecule has 5 nitrogen and oxygen atoms in total. The third-order valence-electron chi connectivity index (χ3n) is 2.90. The lowest BCUT2D eigenvalue weighted by Gasteiger charge is -2.17. The van der Waals surface area contributed by atoms with Crippen LogP contribution in [0.5, 0.6) is 0 Å². The van der Waals surface area contributed by atoms with Crippen LogP contribution in [0.4, 0.5) is 0 Å². The van der Waals surface area contributed by atoms with Gasteiger partial charge in [0.1, 0.15) is 0 Å². The van der Waals surface area contributed by atoms with Crippen LogP contribution in [-0.2, 0) is 26.7 Å². The van der Waals surface area contributed by atoms with Crippen molar-refractivity contribution in [1.29, 1.82) is 0 Å². The van der Waals surface area contributed by atoms with E-state index >= 15 is 0 Å². The quantitative estimate of drug-likeness (QED) is 0.750. The Labute approximate surface area is 106 Å². The van der Waals surface area contributed by atoms with Crippen LogP contribution in [0, 0.1) is 6.92 Å². The maximum atomic E-state index is 11.7. The Bertz CT molecular complexity index is 592. The van der Waals surface area contributed by atoms with Crippen molar-refractivity contribution >= 4 is 15.8 Å². The molecular weight excluding hydrogens is 254 g/mol. The van der Waals surface area contributed by atoms with Crippen molar-refractivity contribution in [3.05, 3.63) is 28.6 Å². The fraction of sp³-hybridized carbons (Fsp3) is 0.500. The van der Waals surface area contributed by atoms with Crippen LogP contribution in [0.15, 0.2) is 6.07 Å². The van der Waals surface area contributed by atoms with Crippen molar-refractivity contribution in [3.63, 3.8) is 0 Å². The average molecular weight is 269 g/mol. The lowest BCUT2D eigenvalue weighted by Crippen LogP contribution is -2.22. The second kappa shape index (κ2) is 4.68. The summed E-state index contributed by atoms with van der Waals surface area (Å²) in [6.07, 6.45) is 0.418. The molecule has 0 saturated heterocycles. The first-order valence-electron chi connectivity index (χ1n) is 5.80. The fourth-order valence-electron chi connectivity index (χ4n) is 2.01. The van der Waals surface area contributed by atoms with Crippen molar-refractivity contribution in [2.75, 3.05) is 12.4 Å². The van der Waals surface area contributed by atoms with E-state index in [2.05, 4.69) is 4.98 Å². The number of sulfone groups is 1. The molecule has 0 atom stereocenters. The number of pyridine rings is 1. The summed E-state index contributed by atoms with van der Waals surface area (Å²) in [5.41, 5.74) is 2.34. The number of nitrogens with zero attached hydrogens (tertiary/aromatic N) is 1. The van der Waals surface area contributed by atoms with Crippen molar-refractivity contribution in [2.24, 2.45) is 0 Å². The van der Waals surface area contributed by atoms with Gasteiger partial charge in [-0.1, -0.05) is 0 Å². The van der Waals surface area contributed by atoms with Gasteiger partial charge in [-0.05, 0) is 25.5 Å². The first-order chi connectivity index (χ1) is 8.43. The van der Waals surface area contributed by atoms with E-state index in [0.29, 0.717) is 23.2 Å². The molecule has 0 aliphatic carbocycles. The van der Waals surface area contributed by atoms with Gasteiger partial charge in [-0.15, -0.1) is 0 Å². The molecule has 2 heterocycles. The van der Waals surface area contributed by atoms with Gasteiger partial charge in [0, 0.05) is 12.1 Å². The van der Waals surface area contributed by atoms with Crippen molar-refractivity contribution in [3.8, 4) is 0 Å². The molecule has 0 bridgehead atoms. The molecule has 0 amide bonds. The number of hydrogen-bond acceptors (Lipinski definition) is 5. The molecule has 0 aromatic carbocycles. The molecular formula is C12H15NO4S. The maximum absolute atomic E-state index is 11.7. The maximum Gasteiger partial charge on any atom is 0.339 e. The number of carbonyl (C=O) groups is 1. The number of fused-ring (bicyclic) bond motifs is 1. The molecule has 1 aliphatic rings. The Morgan fingerprint density at radius 3 is 2.89 bits per heavy atom. The Hall–Kier alpha value is -1.43. The van der Waals surface area contributed by atoms with Gasteiger partial charge in [0.25, 0.3) is 0 Å². The summed E-state index contributed by atoms with van der Waals surface area (Å²) in [4.78, 5) is 16.0. The van der Waals surface area contributed by atoms with Crippen LogP contribution in [0.25, 0.3) is 0 Å². The highest BCUT2D eigenvalue weighted by atomic mass is 32.2. The van der Waals surface area contributed by atoms with Crippen LogP contribution >= 0.6 is 0 Å². The van der Waals surface area contributed by atoms with Crippen LogP contribution in [0.2, 0.25) is 0 Å². The van der Waals surface area contributed by atoms with Crippen LogP contribution in [0.3, 0.4) is 0 Å². The zero-order valence-corrected chi connectivity index (χ0v) is 11.2. The van der Waals surface area contributed by atoms with Gasteiger partial charge in [0.15, 0.2) is 9.84 Å². The van der Waals surface area contributed by atoms with Gasteiger partial charge in [-0.3, -0.25) is 4.98 Å². The molecule has 1 aliphatic heterocycles. The van der Waals surface area contributed by atoms with E-state index in [0.717, 1.165) is 5.69 Å². The predicted molar refractivity (Wildman–Crippen MR) is 66.1 cm³/mol. The third-order valence-corrected chi connectivity index (χ3v) is 4.48. The number of ether oxygens (including phenoxy) is 1. The van der Waals surface area contributed by atoms with E-state index in [1.54, 1.807) is 19.9 Å². The van der Waals surface area contributed by atoms with E-state index < -0.39 is 15.8 Å². The SMILES string of the molecule is CCOC(=O)c1cc2c(nc1C)CCS(=O)(=O)C2. The van der Waals surface area contributed by atoms with Crippen molar-refractivity contribution in [1.82, 2.24) is 4.98 Å². The van der Waals surface area contributed by atoms with Gasteiger partial charge in [-0.2, -0.15) is 0 Å². The molecule has 0 N–H and O–H groups in total. The molecule has 0 fully saturated rings. The first kappa shape index (κ1) is 13.0. The van der Waals surface area contributed by atoms with E-state index in [4.69, 9.17) is 4.74 Å². The Balaban J connectivity index is 2.44. The predicted octanol–water partition coefficient (Wildman–Crippen LogP) is 1.04. The summed E-state index contributed by atoms with van der Waals surface area (Å²) >= 11 is 0. The monoisotopic (exact) mass is 269 g/mol. The molecule has 1 aromatic heterocycles. The Morgan fingerprint density at radius 1 is 1.50 bits per heavy atom. The van der Waals surface area contributed by atoms with E-state index in [9.17, 15) is 13.2 Å². The zero-order valence-electron chi connectivity index (χ0n) is 10.4. The van der Waals surface area contributed by atoms with E-state index in [1.165, 1.54) is 0 Å². The van der Waals surface area contributed by atoms with Gasteiger partial charge in [0.05, 0.1) is 29.4 Å². The summed E-state index contributed by atoms with van der Waals surface area (Å²) in [5.74, 6) is -0.360. The fourth-order valence-corrected chi connectivity index (χ4v) is 3.39. The number of esters is 1. The second-order valence-electron chi connectivity index (χ2n) is 4.29. The van der Waals surface area contributed by atoms with Gasteiger partial charge < -0.3 is 4.74 Å². The Morgan fingerprint density at radius 2 is 2.22 bits per heavy atom. The lowest BCUT2D eigenvalue weighted by atomic mass is 10.1. The number of aryl methyl sites for hydroxylation is 2. The highest BCUT2D eigenvalue weighted by molar-refractivity contribution is 7.90. The third kappa shape index (κ3) is 2.53. The summed E-state index contributed by atoms with van der Waals surface area (Å²) in [6, 6.07) is 1.60. The van der Waals surface area contributed by atoms with Gasteiger partial charge >= 0.3 is 5.97 Å². The highest BCUT2D eigenvalue weighted by Crippen LogP contribution is 2.22. The highest BCUT2D eigenvalue weighted by Gasteiger charge is 2.24. The molecule has 1 aromatic rings. The standard InChI is InChI=1S/C12H15NO4S/c1-3-17-12(14)10-6-9-7-18(15,16)5-4-11(9)13-8(10)2/h6H,3-5,7H2,1-2H3. The topological polar surface area (TPSA) is 73.3 Å². The van der Waals surface area contributed by atoms with E-state index in [1.807, 2.05) is 0 Å². The normalized spacial score (nSPS) is 17.0. The largest absolute Gasteiger partial charge is 0.462 e. The van der Waals surface area contributed by atoms with Crippen molar-refractivity contribution in [2.45, 2.75) is 26.0 Å². The molecule has 2 rings (SSSR count). The Kier molecular flexibility index (Phi) is 3.38. The summed E-state index contributed by atoms with van der Waals surface area (Å²) in [7, 11) is -3.06. The summed E-state index contributed by atoms with van der Waals surface area (Å²) < 4.78 is 28.0. The molecule has 0 saturated carbocycles. The number of rotatable bonds is 2. The molecule has 18 heavy (non-hydrogen) atoms. The smallest absolute Gasteiger partial charge is 0.339 e. The number of carbonyl (C=O) groups excluding carboxylic acids is 1. The average Bonchev–Trinajstić information content (AvgIpc) is 2.28. The number of aromatic nitrogens is 1. The first-order valence-corrected chi connectivity index (χ1v) is 7.62. The van der Waals surface area contributed by atoms with Gasteiger partial charge in [0.2, 0.25) is 0 Å². The minimum atomic E-state index is -3.06. The molecule has 0 radical (unpaired) electrons.